The first-order chi connectivity index (χ1) is 17.5. The molecule has 1 aliphatic heterocycles. The quantitative estimate of drug-likeness (QED) is 0.245. The van der Waals surface area contributed by atoms with Crippen molar-refractivity contribution in [3.63, 3.8) is 0 Å². The van der Waals surface area contributed by atoms with Crippen LogP contribution in [0.15, 0.2) is 90.8 Å². The molecule has 1 unspecified atom stereocenters. The maximum absolute atomic E-state index is 12.7. The van der Waals surface area contributed by atoms with Gasteiger partial charge < -0.3 is 24.7 Å². The monoisotopic (exact) mass is 482 g/mol. The first-order valence-corrected chi connectivity index (χ1v) is 11.5. The fourth-order valence-electron chi connectivity index (χ4n) is 3.85. The van der Waals surface area contributed by atoms with Crippen LogP contribution in [0.3, 0.4) is 0 Å². The maximum atomic E-state index is 12.7. The summed E-state index contributed by atoms with van der Waals surface area (Å²) in [6.45, 7) is 6.61. The van der Waals surface area contributed by atoms with Crippen LogP contribution in [0, 0.1) is 11.3 Å². The average molecular weight is 483 g/mol. The normalized spacial score (nSPS) is 14.2. The van der Waals surface area contributed by atoms with Crippen LogP contribution in [0.25, 0.3) is 0 Å². The van der Waals surface area contributed by atoms with Gasteiger partial charge in [0.2, 0.25) is 5.88 Å². The van der Waals surface area contributed by atoms with Crippen molar-refractivity contribution >= 4 is 5.97 Å². The molecule has 1 heterocycles. The second-order valence-electron chi connectivity index (χ2n) is 8.06. The van der Waals surface area contributed by atoms with E-state index in [4.69, 9.17) is 24.7 Å². The molecule has 0 spiro atoms. The maximum Gasteiger partial charge on any atom is 0.343 e. The number of allylic oxidation sites excluding steroid dienone is 1. The summed E-state index contributed by atoms with van der Waals surface area (Å²) in [5.41, 5.74) is 8.37. The van der Waals surface area contributed by atoms with E-state index in [2.05, 4.69) is 12.6 Å². The third-order valence-electron chi connectivity index (χ3n) is 5.52. The van der Waals surface area contributed by atoms with E-state index in [0.717, 1.165) is 17.5 Å². The number of benzene rings is 3. The summed E-state index contributed by atoms with van der Waals surface area (Å²) in [4.78, 5) is 12.7. The highest BCUT2D eigenvalue weighted by Gasteiger charge is 2.31. The molecule has 3 aromatic rings. The Labute approximate surface area is 210 Å². The van der Waals surface area contributed by atoms with Gasteiger partial charge in [0.05, 0.1) is 18.1 Å². The van der Waals surface area contributed by atoms with Crippen LogP contribution in [0.5, 0.6) is 23.0 Å². The third kappa shape index (κ3) is 5.34. The van der Waals surface area contributed by atoms with Crippen molar-refractivity contribution in [3.8, 4) is 29.1 Å². The fourth-order valence-corrected chi connectivity index (χ4v) is 3.85. The van der Waals surface area contributed by atoms with Crippen molar-refractivity contribution in [2.24, 2.45) is 5.73 Å². The minimum atomic E-state index is -0.528. The molecule has 7 nitrogen and oxygen atoms in total. The van der Waals surface area contributed by atoms with Gasteiger partial charge in [-0.3, -0.25) is 0 Å². The van der Waals surface area contributed by atoms with Crippen molar-refractivity contribution in [2.45, 2.75) is 19.3 Å². The molecular formula is C29H26N2O5. The predicted octanol–water partition coefficient (Wildman–Crippen LogP) is 5.48. The van der Waals surface area contributed by atoms with Gasteiger partial charge >= 0.3 is 5.97 Å². The fraction of sp³-hybridized carbons (Fsp3) is 0.172. The molecule has 3 aromatic carbocycles. The summed E-state index contributed by atoms with van der Waals surface area (Å²) >= 11 is 0. The molecule has 182 valence electrons. The Kier molecular flexibility index (Phi) is 7.57. The standard InChI is InChI=1S/C29H26N2O5/c1-3-14-33-21-10-8-19(9-11-21)29(32)35-23-12-13-24-26(17-23)36-28(31)25(18-30)27(24)20-6-5-7-22(16-20)34-15-4-2/h3,5-13,16-17,27H,1,4,14-15,31H2,2H3. The van der Waals surface area contributed by atoms with E-state index in [-0.39, 0.29) is 11.6 Å². The average Bonchev–Trinajstić information content (AvgIpc) is 2.90. The Morgan fingerprint density at radius 3 is 2.58 bits per heavy atom. The largest absolute Gasteiger partial charge is 0.494 e. The van der Waals surface area contributed by atoms with Gasteiger partial charge in [-0.2, -0.15) is 5.26 Å². The lowest BCUT2D eigenvalue weighted by Crippen LogP contribution is -2.21. The van der Waals surface area contributed by atoms with Gasteiger partial charge in [-0.05, 0) is 54.4 Å². The molecule has 0 radical (unpaired) electrons. The molecule has 1 aliphatic rings. The van der Waals surface area contributed by atoms with E-state index >= 15 is 0 Å². The summed E-state index contributed by atoms with van der Waals surface area (Å²) in [6.07, 6.45) is 2.53. The zero-order valence-corrected chi connectivity index (χ0v) is 19.9. The van der Waals surface area contributed by atoms with Crippen LogP contribution in [0.4, 0.5) is 0 Å². The number of nitriles is 1. The lowest BCUT2D eigenvalue weighted by Gasteiger charge is -2.27. The molecule has 1 atom stereocenters. The number of carbonyl (C=O) groups excluding carboxylic acids is 1. The van der Waals surface area contributed by atoms with Crippen molar-refractivity contribution < 1.29 is 23.7 Å². The van der Waals surface area contributed by atoms with Gasteiger partial charge in [0, 0.05) is 11.6 Å². The highest BCUT2D eigenvalue weighted by molar-refractivity contribution is 5.91. The molecule has 36 heavy (non-hydrogen) atoms. The van der Waals surface area contributed by atoms with Crippen molar-refractivity contribution in [3.05, 3.63) is 108 Å². The topological polar surface area (TPSA) is 104 Å². The minimum Gasteiger partial charge on any atom is -0.494 e. The van der Waals surface area contributed by atoms with Gasteiger partial charge in [-0.25, -0.2) is 4.79 Å². The summed E-state index contributed by atoms with van der Waals surface area (Å²) in [5, 5.41) is 9.81. The number of carbonyl (C=O) groups is 1. The highest BCUT2D eigenvalue weighted by Crippen LogP contribution is 2.44. The zero-order valence-electron chi connectivity index (χ0n) is 19.9. The summed E-state index contributed by atoms with van der Waals surface area (Å²) < 4.78 is 22.5. The number of nitrogens with zero attached hydrogens (tertiary/aromatic N) is 1. The molecule has 2 N–H and O–H groups in total. The third-order valence-corrected chi connectivity index (χ3v) is 5.52. The number of fused-ring (bicyclic) bond motifs is 1. The lowest BCUT2D eigenvalue weighted by atomic mass is 9.83. The molecule has 0 amide bonds. The molecular weight excluding hydrogens is 456 g/mol. The van der Waals surface area contributed by atoms with E-state index in [1.807, 2.05) is 31.2 Å². The van der Waals surface area contributed by atoms with Crippen molar-refractivity contribution in [2.75, 3.05) is 13.2 Å². The SMILES string of the molecule is C=CCOc1ccc(C(=O)Oc2ccc3c(c2)OC(N)=C(C#N)C3c2cccc(OCCC)c2)cc1. The summed E-state index contributed by atoms with van der Waals surface area (Å²) in [6, 6.07) is 21.4. The Balaban J connectivity index is 1.59. The van der Waals surface area contributed by atoms with Gasteiger partial charge in [-0.15, -0.1) is 0 Å². The summed E-state index contributed by atoms with van der Waals surface area (Å²) in [7, 11) is 0. The van der Waals surface area contributed by atoms with Crippen LogP contribution < -0.4 is 24.7 Å². The van der Waals surface area contributed by atoms with Crippen LogP contribution in [0.1, 0.15) is 40.7 Å². The molecule has 4 rings (SSSR count). The van der Waals surface area contributed by atoms with Crippen LogP contribution in [-0.2, 0) is 0 Å². The number of hydrogen-bond donors (Lipinski definition) is 1. The second-order valence-corrected chi connectivity index (χ2v) is 8.06. The zero-order chi connectivity index (χ0) is 25.5. The lowest BCUT2D eigenvalue weighted by molar-refractivity contribution is 0.0734. The Hall–Kier alpha value is -4.70. The van der Waals surface area contributed by atoms with E-state index in [1.54, 1.807) is 48.5 Å². The Bertz CT molecular complexity index is 1340. The molecule has 0 aliphatic carbocycles. The van der Waals surface area contributed by atoms with E-state index in [1.165, 1.54) is 0 Å². The number of esters is 1. The van der Waals surface area contributed by atoms with Gasteiger partial charge in [0.15, 0.2) is 0 Å². The highest BCUT2D eigenvalue weighted by atomic mass is 16.5. The first-order valence-electron chi connectivity index (χ1n) is 11.5. The van der Waals surface area contributed by atoms with E-state index in [0.29, 0.717) is 41.6 Å². The molecule has 0 saturated carbocycles. The van der Waals surface area contributed by atoms with Crippen LogP contribution in [-0.4, -0.2) is 19.2 Å². The number of hydrogen-bond acceptors (Lipinski definition) is 7. The van der Waals surface area contributed by atoms with E-state index in [9.17, 15) is 10.1 Å². The van der Waals surface area contributed by atoms with E-state index < -0.39 is 11.9 Å². The van der Waals surface area contributed by atoms with Crippen LogP contribution >= 0.6 is 0 Å². The number of rotatable bonds is 9. The minimum absolute atomic E-state index is 0.00784. The van der Waals surface area contributed by atoms with Gasteiger partial charge in [-0.1, -0.05) is 37.8 Å². The Morgan fingerprint density at radius 2 is 1.86 bits per heavy atom. The smallest absolute Gasteiger partial charge is 0.343 e. The van der Waals surface area contributed by atoms with Gasteiger partial charge in [0.1, 0.15) is 41.2 Å². The van der Waals surface area contributed by atoms with Gasteiger partial charge in [0.25, 0.3) is 0 Å². The molecule has 7 heteroatoms. The molecule has 0 fully saturated rings. The second kappa shape index (κ2) is 11.2. The number of ether oxygens (including phenoxy) is 4. The van der Waals surface area contributed by atoms with Crippen LogP contribution in [0.2, 0.25) is 0 Å². The van der Waals surface area contributed by atoms with Crippen molar-refractivity contribution in [1.82, 2.24) is 0 Å². The first kappa shape index (κ1) is 24.4. The Morgan fingerprint density at radius 1 is 1.08 bits per heavy atom. The molecule has 0 saturated heterocycles. The van der Waals surface area contributed by atoms with Crippen molar-refractivity contribution in [1.29, 1.82) is 5.26 Å². The molecule has 0 bridgehead atoms. The summed E-state index contributed by atoms with van der Waals surface area (Å²) in [5.74, 6) is 1.07. The molecule has 0 aromatic heterocycles. The predicted molar refractivity (Wildman–Crippen MR) is 135 cm³/mol. The number of nitrogens with two attached hydrogens (primary N) is 1.